The highest BCUT2D eigenvalue weighted by molar-refractivity contribution is 6.25. The highest BCUT2D eigenvalue weighted by Crippen LogP contribution is 2.30. The number of carbonyl (C=O) groups excluding carboxylic acids is 2. The van der Waals surface area contributed by atoms with E-state index in [9.17, 15) is 9.59 Å². The number of furan rings is 2. The summed E-state index contributed by atoms with van der Waals surface area (Å²) in [5, 5.41) is 4.65. The average Bonchev–Trinajstić information content (AvgIpc) is 3.71. The van der Waals surface area contributed by atoms with Crippen LogP contribution >= 0.6 is 0 Å². The van der Waals surface area contributed by atoms with Crippen molar-refractivity contribution in [1.82, 2.24) is 19.7 Å². The third kappa shape index (κ3) is 3.74. The summed E-state index contributed by atoms with van der Waals surface area (Å²) in [7, 11) is 0. The lowest BCUT2D eigenvalue weighted by molar-refractivity contribution is 0.0866. The fraction of sp³-hybridized carbons (Fsp3) is 0. The maximum absolute atomic E-state index is 13.6. The van der Waals surface area contributed by atoms with E-state index in [2.05, 4.69) is 15.1 Å². The molecule has 0 spiro atoms. The van der Waals surface area contributed by atoms with E-state index in [1.807, 2.05) is 60.7 Å². The molecule has 0 N–H and O–H groups in total. The second kappa shape index (κ2) is 8.80. The third-order valence-electron chi connectivity index (χ3n) is 5.48. The summed E-state index contributed by atoms with van der Waals surface area (Å²) >= 11 is 0. The molecule has 2 amide bonds. The van der Waals surface area contributed by atoms with Crippen LogP contribution in [-0.2, 0) is 0 Å². The van der Waals surface area contributed by atoms with Crippen LogP contribution in [0, 0.1) is 0 Å². The molecule has 0 aliphatic heterocycles. The number of fused-ring (bicyclic) bond motifs is 1. The van der Waals surface area contributed by atoms with Crippen LogP contribution in [-0.4, -0.2) is 31.6 Å². The number of rotatable bonds is 5. The van der Waals surface area contributed by atoms with Gasteiger partial charge in [0.1, 0.15) is 5.52 Å². The van der Waals surface area contributed by atoms with Crippen molar-refractivity contribution in [3.63, 3.8) is 0 Å². The Labute approximate surface area is 204 Å². The Morgan fingerprint density at radius 3 is 1.92 bits per heavy atom. The minimum atomic E-state index is -0.713. The van der Waals surface area contributed by atoms with Crippen molar-refractivity contribution < 1.29 is 18.4 Å². The first-order valence-electron chi connectivity index (χ1n) is 11.0. The van der Waals surface area contributed by atoms with Crippen LogP contribution in [0.25, 0.3) is 28.1 Å². The lowest BCUT2D eigenvalue weighted by Gasteiger charge is -2.18. The number of hydrogen-bond donors (Lipinski definition) is 0. The highest BCUT2D eigenvalue weighted by Gasteiger charge is 2.33. The summed E-state index contributed by atoms with van der Waals surface area (Å²) in [6, 6.07) is 24.8. The molecule has 0 aliphatic carbocycles. The van der Waals surface area contributed by atoms with E-state index in [-0.39, 0.29) is 22.9 Å². The number of nitrogens with zero attached hydrogens (tertiary/aromatic N) is 5. The average molecular weight is 475 g/mol. The van der Waals surface area contributed by atoms with Gasteiger partial charge in [0, 0.05) is 5.56 Å². The van der Waals surface area contributed by atoms with Crippen molar-refractivity contribution in [3.8, 4) is 17.1 Å². The van der Waals surface area contributed by atoms with Gasteiger partial charge < -0.3 is 8.83 Å². The molecule has 36 heavy (non-hydrogen) atoms. The SMILES string of the molecule is O=C(c1ccco1)N(C(=O)c1ccco1)c1nc(-c2ccccc2)nc2cn(-c3ccccc3)nc12. The van der Waals surface area contributed by atoms with Gasteiger partial charge in [0.05, 0.1) is 24.4 Å². The molecule has 0 fully saturated rings. The van der Waals surface area contributed by atoms with Gasteiger partial charge in [-0.3, -0.25) is 9.59 Å². The van der Waals surface area contributed by atoms with Gasteiger partial charge in [0.15, 0.2) is 28.7 Å². The van der Waals surface area contributed by atoms with Gasteiger partial charge in [-0.1, -0.05) is 48.5 Å². The molecule has 4 heterocycles. The fourth-order valence-corrected chi connectivity index (χ4v) is 3.79. The van der Waals surface area contributed by atoms with Crippen LogP contribution in [0.15, 0.2) is 112 Å². The van der Waals surface area contributed by atoms with Crippen molar-refractivity contribution in [2.75, 3.05) is 4.90 Å². The molecule has 9 heteroatoms. The van der Waals surface area contributed by atoms with Gasteiger partial charge >= 0.3 is 11.8 Å². The summed E-state index contributed by atoms with van der Waals surface area (Å²) in [6.45, 7) is 0. The van der Waals surface area contributed by atoms with E-state index >= 15 is 0 Å². The van der Waals surface area contributed by atoms with Crippen LogP contribution in [0.4, 0.5) is 5.82 Å². The van der Waals surface area contributed by atoms with E-state index in [4.69, 9.17) is 8.83 Å². The predicted octanol–water partition coefficient (Wildman–Crippen LogP) is 5.16. The maximum Gasteiger partial charge on any atom is 0.302 e. The van der Waals surface area contributed by atoms with Crippen molar-refractivity contribution >= 4 is 28.7 Å². The Morgan fingerprint density at radius 1 is 0.722 bits per heavy atom. The van der Waals surface area contributed by atoms with Gasteiger partial charge in [0.2, 0.25) is 0 Å². The van der Waals surface area contributed by atoms with E-state index in [1.54, 1.807) is 23.0 Å². The zero-order valence-corrected chi connectivity index (χ0v) is 18.7. The van der Waals surface area contributed by atoms with Gasteiger partial charge in [-0.05, 0) is 36.4 Å². The third-order valence-corrected chi connectivity index (χ3v) is 5.48. The van der Waals surface area contributed by atoms with E-state index in [0.717, 1.165) is 10.6 Å². The summed E-state index contributed by atoms with van der Waals surface area (Å²) < 4.78 is 12.3. The minimum Gasteiger partial charge on any atom is -0.459 e. The summed E-state index contributed by atoms with van der Waals surface area (Å²) in [6.07, 6.45) is 4.45. The smallest absolute Gasteiger partial charge is 0.302 e. The van der Waals surface area contributed by atoms with Crippen LogP contribution in [0.2, 0.25) is 0 Å². The summed E-state index contributed by atoms with van der Waals surface area (Å²) in [4.78, 5) is 37.4. The zero-order chi connectivity index (χ0) is 24.5. The second-order valence-corrected chi connectivity index (χ2v) is 7.78. The van der Waals surface area contributed by atoms with Crippen LogP contribution < -0.4 is 4.90 Å². The van der Waals surface area contributed by atoms with Crippen LogP contribution in [0.3, 0.4) is 0 Å². The molecule has 6 rings (SSSR count). The maximum atomic E-state index is 13.6. The molecule has 0 aliphatic rings. The molecule has 4 aromatic heterocycles. The van der Waals surface area contributed by atoms with Gasteiger partial charge in [-0.2, -0.15) is 5.10 Å². The monoisotopic (exact) mass is 475 g/mol. The molecule has 0 bridgehead atoms. The predicted molar refractivity (Wildman–Crippen MR) is 131 cm³/mol. The first kappa shape index (κ1) is 21.2. The van der Waals surface area contributed by atoms with Gasteiger partial charge in [0.25, 0.3) is 0 Å². The highest BCUT2D eigenvalue weighted by atomic mass is 16.3. The first-order valence-corrected chi connectivity index (χ1v) is 11.0. The molecule has 0 unspecified atom stereocenters. The number of imide groups is 1. The molecule has 174 valence electrons. The topological polar surface area (TPSA) is 107 Å². The lowest BCUT2D eigenvalue weighted by atomic mass is 10.2. The molecule has 0 saturated carbocycles. The van der Waals surface area contributed by atoms with E-state index < -0.39 is 11.8 Å². The Balaban J connectivity index is 1.61. The molecule has 6 aromatic rings. The zero-order valence-electron chi connectivity index (χ0n) is 18.7. The molecular weight excluding hydrogens is 458 g/mol. The first-order chi connectivity index (χ1) is 17.7. The van der Waals surface area contributed by atoms with Crippen molar-refractivity contribution in [3.05, 3.63) is 115 Å². The van der Waals surface area contributed by atoms with E-state index in [0.29, 0.717) is 16.9 Å². The lowest BCUT2D eigenvalue weighted by Crippen LogP contribution is -2.37. The summed E-state index contributed by atoms with van der Waals surface area (Å²) in [5.41, 5.74) is 2.21. The fourth-order valence-electron chi connectivity index (χ4n) is 3.79. The molecule has 0 atom stereocenters. The molecule has 9 nitrogen and oxygen atoms in total. The quantitative estimate of drug-likeness (QED) is 0.317. The Morgan fingerprint density at radius 2 is 1.33 bits per heavy atom. The van der Waals surface area contributed by atoms with Crippen LogP contribution in [0.5, 0.6) is 0 Å². The molecule has 2 aromatic carbocycles. The molecule has 0 radical (unpaired) electrons. The van der Waals surface area contributed by atoms with E-state index in [1.165, 1.54) is 24.7 Å². The minimum absolute atomic E-state index is 0.0105. The number of benzene rings is 2. The number of anilines is 1. The van der Waals surface area contributed by atoms with Gasteiger partial charge in [-0.25, -0.2) is 19.5 Å². The molecule has 0 saturated heterocycles. The second-order valence-electron chi connectivity index (χ2n) is 7.78. The summed E-state index contributed by atoms with van der Waals surface area (Å²) in [5.74, 6) is -1.16. The Bertz CT molecular complexity index is 1610. The largest absolute Gasteiger partial charge is 0.459 e. The standard InChI is InChI=1S/C27H17N5O4/c33-26(21-13-7-15-35-21)32(27(34)22-14-8-16-36-22)25-23-20(17-31(30-23)19-11-5-2-6-12-19)28-24(29-25)18-9-3-1-4-10-18/h1-17H. The number of amides is 2. The number of carbonyl (C=O) groups is 2. The molecular formula is C27H17N5O4. The normalized spacial score (nSPS) is 11.0. The van der Waals surface area contributed by atoms with Crippen molar-refractivity contribution in [2.24, 2.45) is 0 Å². The van der Waals surface area contributed by atoms with Crippen molar-refractivity contribution in [1.29, 1.82) is 0 Å². The van der Waals surface area contributed by atoms with Crippen LogP contribution in [0.1, 0.15) is 21.1 Å². The Hall–Kier alpha value is -5.31. The Kier molecular flexibility index (Phi) is 5.19. The van der Waals surface area contributed by atoms with Crippen molar-refractivity contribution in [2.45, 2.75) is 0 Å². The number of para-hydroxylation sites is 1. The number of hydrogen-bond acceptors (Lipinski definition) is 7. The van der Waals surface area contributed by atoms with Gasteiger partial charge in [-0.15, -0.1) is 0 Å². The number of aromatic nitrogens is 4.